The van der Waals surface area contributed by atoms with E-state index < -0.39 is 5.97 Å². The largest absolute Gasteiger partial charge is 0.462 e. The number of hydrogen-bond acceptors (Lipinski definition) is 6. The summed E-state index contributed by atoms with van der Waals surface area (Å²) in [6.07, 6.45) is 0. The Balaban J connectivity index is 2.34. The van der Waals surface area contributed by atoms with Gasteiger partial charge in [0.15, 0.2) is 11.7 Å². The molecule has 21 heavy (non-hydrogen) atoms. The monoisotopic (exact) mass is 327 g/mol. The van der Waals surface area contributed by atoms with E-state index in [2.05, 4.69) is 4.98 Å². The molecular formula is C14H14ClNO4S. The van der Waals surface area contributed by atoms with Crippen molar-refractivity contribution in [2.24, 2.45) is 0 Å². The number of hydrogen-bond donors (Lipinski definition) is 0. The Hall–Kier alpha value is -1.63. The molecule has 0 radical (unpaired) electrons. The summed E-state index contributed by atoms with van der Waals surface area (Å²) in [5, 5.41) is 1.29. The van der Waals surface area contributed by atoms with Crippen LogP contribution in [-0.2, 0) is 9.47 Å². The molecule has 0 saturated heterocycles. The molecule has 2 rings (SSSR count). The Morgan fingerprint density at radius 1 is 1.33 bits per heavy atom. The van der Waals surface area contributed by atoms with Crippen LogP contribution < -0.4 is 4.74 Å². The van der Waals surface area contributed by atoms with Crippen LogP contribution in [0.1, 0.15) is 16.6 Å². The molecule has 0 N–H and O–H groups in total. The molecule has 1 heterocycles. The highest BCUT2D eigenvalue weighted by molar-refractivity contribution is 7.17. The summed E-state index contributed by atoms with van der Waals surface area (Å²) in [6.45, 7) is 2.04. The SMILES string of the molecule is CCOC(=O)c1sc(-c2ccc(Cl)cc2)nc1OCOC. The fourth-order valence-corrected chi connectivity index (χ4v) is 2.60. The number of benzene rings is 1. The minimum Gasteiger partial charge on any atom is -0.462 e. The molecule has 0 unspecified atom stereocenters. The Morgan fingerprint density at radius 3 is 2.67 bits per heavy atom. The Morgan fingerprint density at radius 2 is 2.05 bits per heavy atom. The molecule has 0 bridgehead atoms. The van der Waals surface area contributed by atoms with Crippen molar-refractivity contribution in [3.05, 3.63) is 34.2 Å². The van der Waals surface area contributed by atoms with Crippen LogP contribution in [0.5, 0.6) is 5.88 Å². The van der Waals surface area contributed by atoms with E-state index in [0.717, 1.165) is 5.56 Å². The number of halogens is 1. The maximum Gasteiger partial charge on any atom is 0.354 e. The van der Waals surface area contributed by atoms with Crippen molar-refractivity contribution in [2.75, 3.05) is 20.5 Å². The number of aromatic nitrogens is 1. The average molecular weight is 328 g/mol. The van der Waals surface area contributed by atoms with Gasteiger partial charge >= 0.3 is 5.97 Å². The van der Waals surface area contributed by atoms with Crippen LogP contribution in [0.25, 0.3) is 10.6 Å². The van der Waals surface area contributed by atoms with Gasteiger partial charge in [0.1, 0.15) is 5.01 Å². The van der Waals surface area contributed by atoms with Crippen molar-refractivity contribution in [3.8, 4) is 16.5 Å². The number of rotatable bonds is 6. The van der Waals surface area contributed by atoms with Crippen LogP contribution in [0.3, 0.4) is 0 Å². The molecule has 7 heteroatoms. The molecule has 0 saturated carbocycles. The third-order valence-corrected chi connectivity index (χ3v) is 3.78. The fourth-order valence-electron chi connectivity index (χ4n) is 1.56. The van der Waals surface area contributed by atoms with E-state index in [-0.39, 0.29) is 19.3 Å². The number of carbonyl (C=O) groups is 1. The standard InChI is InChI=1S/C14H14ClNO4S/c1-3-19-14(17)11-12(20-8-18-2)16-13(21-11)9-4-6-10(15)7-5-9/h4-7H,3,8H2,1-2H3. The van der Waals surface area contributed by atoms with Gasteiger partial charge in [-0.05, 0) is 19.1 Å². The maximum absolute atomic E-state index is 11.9. The first-order chi connectivity index (χ1) is 10.2. The quantitative estimate of drug-likeness (QED) is 0.599. The van der Waals surface area contributed by atoms with Crippen LogP contribution in [0.15, 0.2) is 24.3 Å². The highest BCUT2D eigenvalue weighted by Crippen LogP contribution is 2.33. The zero-order chi connectivity index (χ0) is 15.2. The van der Waals surface area contributed by atoms with E-state index in [0.29, 0.717) is 14.9 Å². The molecule has 0 fully saturated rings. The first-order valence-electron chi connectivity index (χ1n) is 6.21. The van der Waals surface area contributed by atoms with E-state index in [4.69, 9.17) is 25.8 Å². The number of carbonyl (C=O) groups excluding carboxylic acids is 1. The molecule has 1 aromatic carbocycles. The maximum atomic E-state index is 11.9. The normalized spacial score (nSPS) is 10.4. The Labute approximate surface area is 131 Å². The van der Waals surface area contributed by atoms with E-state index in [9.17, 15) is 4.79 Å². The number of methoxy groups -OCH3 is 1. The lowest BCUT2D eigenvalue weighted by Crippen LogP contribution is -2.07. The number of esters is 1. The molecule has 112 valence electrons. The molecular weight excluding hydrogens is 314 g/mol. The van der Waals surface area contributed by atoms with E-state index in [1.807, 2.05) is 12.1 Å². The average Bonchev–Trinajstić information content (AvgIpc) is 2.90. The topological polar surface area (TPSA) is 57.7 Å². The number of nitrogens with zero attached hydrogens (tertiary/aromatic N) is 1. The van der Waals surface area contributed by atoms with Crippen LogP contribution in [0, 0.1) is 0 Å². The van der Waals surface area contributed by atoms with Crippen molar-refractivity contribution in [3.63, 3.8) is 0 Å². The second-order valence-electron chi connectivity index (χ2n) is 3.93. The van der Waals surface area contributed by atoms with Crippen molar-refractivity contribution in [2.45, 2.75) is 6.92 Å². The highest BCUT2D eigenvalue weighted by atomic mass is 35.5. The van der Waals surface area contributed by atoms with Crippen molar-refractivity contribution in [1.82, 2.24) is 4.98 Å². The first kappa shape index (κ1) is 15.8. The Kier molecular flexibility index (Phi) is 5.55. The summed E-state index contributed by atoms with van der Waals surface area (Å²) in [7, 11) is 1.50. The van der Waals surface area contributed by atoms with Crippen LogP contribution in [0.2, 0.25) is 5.02 Å². The molecule has 2 aromatic rings. The lowest BCUT2D eigenvalue weighted by atomic mass is 10.2. The third kappa shape index (κ3) is 3.93. The summed E-state index contributed by atoms with van der Waals surface area (Å²) in [6, 6.07) is 7.18. The number of thiazole rings is 1. The zero-order valence-electron chi connectivity index (χ0n) is 11.6. The van der Waals surface area contributed by atoms with Gasteiger partial charge in [-0.15, -0.1) is 11.3 Å². The van der Waals surface area contributed by atoms with Crippen LogP contribution >= 0.6 is 22.9 Å². The van der Waals surface area contributed by atoms with E-state index in [1.165, 1.54) is 18.4 Å². The van der Waals surface area contributed by atoms with Gasteiger partial charge in [-0.2, -0.15) is 0 Å². The molecule has 0 aliphatic rings. The van der Waals surface area contributed by atoms with Crippen molar-refractivity contribution in [1.29, 1.82) is 0 Å². The predicted octanol–water partition coefficient (Wildman–Crippen LogP) is 3.62. The van der Waals surface area contributed by atoms with Crippen molar-refractivity contribution < 1.29 is 19.0 Å². The fraction of sp³-hybridized carbons (Fsp3) is 0.286. The van der Waals surface area contributed by atoms with Crippen LogP contribution in [0.4, 0.5) is 0 Å². The summed E-state index contributed by atoms with van der Waals surface area (Å²) >= 11 is 7.07. The minimum atomic E-state index is -0.457. The molecule has 0 amide bonds. The smallest absolute Gasteiger partial charge is 0.354 e. The van der Waals surface area contributed by atoms with Gasteiger partial charge in [0.25, 0.3) is 0 Å². The summed E-state index contributed by atoms with van der Waals surface area (Å²) < 4.78 is 15.2. The van der Waals surface area contributed by atoms with Gasteiger partial charge in [-0.25, -0.2) is 9.78 Å². The number of ether oxygens (including phenoxy) is 3. The molecule has 1 aromatic heterocycles. The molecule has 0 aliphatic heterocycles. The van der Waals surface area contributed by atoms with E-state index >= 15 is 0 Å². The lowest BCUT2D eigenvalue weighted by Gasteiger charge is -2.03. The Bertz CT molecular complexity index is 612. The summed E-state index contributed by atoms with van der Waals surface area (Å²) in [5.41, 5.74) is 0.849. The summed E-state index contributed by atoms with van der Waals surface area (Å²) in [4.78, 5) is 16.6. The third-order valence-electron chi connectivity index (χ3n) is 2.46. The minimum absolute atomic E-state index is 0.0101. The summed E-state index contributed by atoms with van der Waals surface area (Å²) in [5.74, 6) is -0.244. The van der Waals surface area contributed by atoms with Gasteiger partial charge in [0.05, 0.1) is 6.61 Å². The lowest BCUT2D eigenvalue weighted by molar-refractivity contribution is 0.0425. The second-order valence-corrected chi connectivity index (χ2v) is 5.37. The zero-order valence-corrected chi connectivity index (χ0v) is 13.2. The van der Waals surface area contributed by atoms with Crippen molar-refractivity contribution >= 4 is 28.9 Å². The van der Waals surface area contributed by atoms with Gasteiger partial charge < -0.3 is 14.2 Å². The molecule has 0 atom stereocenters. The van der Waals surface area contributed by atoms with Crippen LogP contribution in [-0.4, -0.2) is 31.5 Å². The van der Waals surface area contributed by atoms with Gasteiger partial charge in [0.2, 0.25) is 5.88 Å². The van der Waals surface area contributed by atoms with Gasteiger partial charge in [-0.1, -0.05) is 23.7 Å². The van der Waals surface area contributed by atoms with Gasteiger partial charge in [0, 0.05) is 17.7 Å². The highest BCUT2D eigenvalue weighted by Gasteiger charge is 2.21. The molecule has 0 spiro atoms. The molecule has 5 nitrogen and oxygen atoms in total. The second kappa shape index (κ2) is 7.40. The van der Waals surface area contributed by atoms with E-state index in [1.54, 1.807) is 19.1 Å². The molecule has 0 aliphatic carbocycles. The first-order valence-corrected chi connectivity index (χ1v) is 7.40. The van der Waals surface area contributed by atoms with Gasteiger partial charge in [-0.3, -0.25) is 0 Å². The predicted molar refractivity (Wildman–Crippen MR) is 81.0 cm³/mol.